The van der Waals surface area contributed by atoms with Gasteiger partial charge in [0.25, 0.3) is 5.24 Å². The monoisotopic (exact) mass is 171 g/mol. The molecule has 1 heterocycles. The number of rotatable bonds is 2. The van der Waals surface area contributed by atoms with Crippen LogP contribution in [0.5, 0.6) is 0 Å². The zero-order chi connectivity index (χ0) is 8.27. The number of hydrogen-bond donors (Lipinski definition) is 0. The Balaban J connectivity index is 2.54. The number of hydrogen-bond acceptors (Lipinski definition) is 3. The van der Waals surface area contributed by atoms with Gasteiger partial charge in [-0.1, -0.05) is 23.9 Å². The molecule has 0 bridgehead atoms. The summed E-state index contributed by atoms with van der Waals surface area (Å²) in [7, 11) is 0. The number of nitrogens with zero attached hydrogens (tertiary/aromatic N) is 1. The summed E-state index contributed by atoms with van der Waals surface area (Å²) < 4.78 is 0. The fourth-order valence-electron chi connectivity index (χ4n) is 0.768. The normalized spacial score (nSPS) is 18.8. The van der Waals surface area contributed by atoms with Crippen molar-refractivity contribution in [2.24, 2.45) is 0 Å². The van der Waals surface area contributed by atoms with Crippen LogP contribution in [0, 0.1) is 0 Å². The molecule has 4 heteroatoms. The largest absolute Gasteiger partial charge is 0.289 e. The molecule has 0 aromatic carbocycles. The van der Waals surface area contributed by atoms with E-state index in [1.54, 1.807) is 6.08 Å². The Kier molecular flexibility index (Phi) is 2.70. The molecule has 0 unspecified atom stereocenters. The molecule has 0 radical (unpaired) electrons. The highest BCUT2D eigenvalue weighted by atomic mass is 32.2. The minimum atomic E-state index is -0.131. The number of thioether (sulfide) groups is 1. The van der Waals surface area contributed by atoms with Crippen LogP contribution in [0.1, 0.15) is 6.92 Å². The number of amides is 2. The smallest absolute Gasteiger partial charge is 0.273 e. The molecular weight excluding hydrogens is 162 g/mol. The summed E-state index contributed by atoms with van der Waals surface area (Å²) >= 11 is 1.07. The number of allylic oxidation sites excluding steroid dienone is 1. The van der Waals surface area contributed by atoms with E-state index in [-0.39, 0.29) is 11.1 Å². The molecule has 1 aliphatic rings. The van der Waals surface area contributed by atoms with E-state index in [0.717, 1.165) is 11.8 Å². The van der Waals surface area contributed by atoms with Gasteiger partial charge in [0.1, 0.15) is 0 Å². The van der Waals surface area contributed by atoms with E-state index in [1.807, 2.05) is 13.0 Å². The first-order chi connectivity index (χ1) is 5.25. The molecule has 1 aliphatic heterocycles. The number of carbonyl (C=O) groups excluding carboxylic acids is 2. The molecule has 1 saturated heterocycles. The third kappa shape index (κ3) is 1.83. The lowest BCUT2D eigenvalue weighted by Crippen LogP contribution is -2.28. The Hall–Kier alpha value is -0.770. The Morgan fingerprint density at radius 1 is 1.64 bits per heavy atom. The summed E-state index contributed by atoms with van der Waals surface area (Å²) in [5, 5.41) is -0.131. The lowest BCUT2D eigenvalue weighted by atomic mass is 10.4. The van der Waals surface area contributed by atoms with Crippen molar-refractivity contribution in [2.75, 3.05) is 12.3 Å². The molecule has 0 spiro atoms. The Morgan fingerprint density at radius 3 is 2.82 bits per heavy atom. The maximum Gasteiger partial charge on any atom is 0.289 e. The highest BCUT2D eigenvalue weighted by molar-refractivity contribution is 8.14. The quantitative estimate of drug-likeness (QED) is 0.587. The second kappa shape index (κ2) is 3.57. The van der Waals surface area contributed by atoms with Crippen LogP contribution in [0.25, 0.3) is 0 Å². The molecule has 60 valence electrons. The number of carbonyl (C=O) groups is 2. The van der Waals surface area contributed by atoms with E-state index in [9.17, 15) is 9.59 Å². The molecule has 11 heavy (non-hydrogen) atoms. The third-order valence-electron chi connectivity index (χ3n) is 1.36. The molecule has 3 nitrogen and oxygen atoms in total. The van der Waals surface area contributed by atoms with E-state index in [4.69, 9.17) is 0 Å². The van der Waals surface area contributed by atoms with E-state index in [0.29, 0.717) is 12.3 Å². The lowest BCUT2D eigenvalue weighted by molar-refractivity contribution is -0.124. The summed E-state index contributed by atoms with van der Waals surface area (Å²) in [4.78, 5) is 23.1. The van der Waals surface area contributed by atoms with E-state index >= 15 is 0 Å². The summed E-state index contributed by atoms with van der Waals surface area (Å²) in [6, 6.07) is 0. The van der Waals surface area contributed by atoms with Gasteiger partial charge in [0, 0.05) is 6.54 Å². The Bertz CT molecular complexity index is 196. The summed E-state index contributed by atoms with van der Waals surface area (Å²) in [5.74, 6) is 0.217. The third-order valence-corrected chi connectivity index (χ3v) is 2.22. The first-order valence-electron chi connectivity index (χ1n) is 3.34. The fraction of sp³-hybridized carbons (Fsp3) is 0.429. The molecule has 0 atom stereocenters. The molecule has 0 aromatic heterocycles. The van der Waals surface area contributed by atoms with Crippen LogP contribution in [0.4, 0.5) is 4.79 Å². The zero-order valence-electron chi connectivity index (χ0n) is 6.24. The predicted molar refractivity (Wildman–Crippen MR) is 44.4 cm³/mol. The molecule has 0 saturated carbocycles. The van der Waals surface area contributed by atoms with Crippen LogP contribution in [0.2, 0.25) is 0 Å². The second-order valence-electron chi connectivity index (χ2n) is 2.13. The second-order valence-corrected chi connectivity index (χ2v) is 3.05. The van der Waals surface area contributed by atoms with Crippen molar-refractivity contribution >= 4 is 22.9 Å². The van der Waals surface area contributed by atoms with Gasteiger partial charge in [-0.25, -0.2) is 0 Å². The van der Waals surface area contributed by atoms with E-state index < -0.39 is 0 Å². The predicted octanol–water partition coefficient (Wildman–Crippen LogP) is 1.26. The molecule has 0 N–H and O–H groups in total. The minimum absolute atomic E-state index is 0.0851. The van der Waals surface area contributed by atoms with Crippen molar-refractivity contribution in [3.05, 3.63) is 12.2 Å². The highest BCUT2D eigenvalue weighted by Gasteiger charge is 2.28. The van der Waals surface area contributed by atoms with Crippen molar-refractivity contribution < 1.29 is 9.59 Å². The molecule has 1 fully saturated rings. The van der Waals surface area contributed by atoms with Crippen LogP contribution in [0.3, 0.4) is 0 Å². The first-order valence-corrected chi connectivity index (χ1v) is 4.32. The average molecular weight is 171 g/mol. The maximum atomic E-state index is 10.9. The van der Waals surface area contributed by atoms with Gasteiger partial charge in [0.05, 0.1) is 5.75 Å². The van der Waals surface area contributed by atoms with Crippen molar-refractivity contribution in [2.45, 2.75) is 6.92 Å². The van der Waals surface area contributed by atoms with Crippen LogP contribution >= 0.6 is 11.8 Å². The van der Waals surface area contributed by atoms with Gasteiger partial charge in [-0.05, 0) is 6.92 Å². The summed E-state index contributed by atoms with van der Waals surface area (Å²) in [6.45, 7) is 2.28. The van der Waals surface area contributed by atoms with Crippen LogP contribution in [-0.4, -0.2) is 28.3 Å². The number of imide groups is 1. The standard InChI is InChI=1S/C7H9NO2S/c1-2-3-4-8-6(9)5-11-7(8)10/h2-3H,4-5H2,1H3. The molecular formula is C7H9NO2S. The van der Waals surface area contributed by atoms with Crippen LogP contribution < -0.4 is 0 Å². The highest BCUT2D eigenvalue weighted by Crippen LogP contribution is 2.17. The lowest BCUT2D eigenvalue weighted by Gasteiger charge is -2.07. The van der Waals surface area contributed by atoms with Gasteiger partial charge in [-0.3, -0.25) is 14.5 Å². The zero-order valence-corrected chi connectivity index (χ0v) is 7.06. The summed E-state index contributed by atoms with van der Waals surface area (Å²) in [5.41, 5.74) is 0. The topological polar surface area (TPSA) is 37.4 Å². The average Bonchev–Trinajstić information content (AvgIpc) is 2.29. The first kappa shape index (κ1) is 8.33. The van der Waals surface area contributed by atoms with Crippen molar-refractivity contribution in [3.8, 4) is 0 Å². The van der Waals surface area contributed by atoms with Crippen LogP contribution in [-0.2, 0) is 4.79 Å². The maximum absolute atomic E-state index is 10.9. The van der Waals surface area contributed by atoms with Gasteiger partial charge in [0.15, 0.2) is 0 Å². The van der Waals surface area contributed by atoms with Gasteiger partial charge in [-0.2, -0.15) is 0 Å². The van der Waals surface area contributed by atoms with Crippen molar-refractivity contribution in [1.82, 2.24) is 4.90 Å². The van der Waals surface area contributed by atoms with E-state index in [2.05, 4.69) is 0 Å². The SMILES string of the molecule is CC=CCN1C(=O)CSC1=O. The summed E-state index contributed by atoms with van der Waals surface area (Å²) in [6.07, 6.45) is 3.62. The van der Waals surface area contributed by atoms with Gasteiger partial charge in [0.2, 0.25) is 5.91 Å². The molecule has 1 rings (SSSR count). The van der Waals surface area contributed by atoms with Gasteiger partial charge >= 0.3 is 0 Å². The Morgan fingerprint density at radius 2 is 2.36 bits per heavy atom. The van der Waals surface area contributed by atoms with Crippen molar-refractivity contribution in [1.29, 1.82) is 0 Å². The minimum Gasteiger partial charge on any atom is -0.273 e. The van der Waals surface area contributed by atoms with E-state index in [1.165, 1.54) is 4.90 Å². The molecule has 0 aliphatic carbocycles. The van der Waals surface area contributed by atoms with Gasteiger partial charge in [-0.15, -0.1) is 0 Å². The van der Waals surface area contributed by atoms with Crippen molar-refractivity contribution in [3.63, 3.8) is 0 Å². The van der Waals surface area contributed by atoms with Crippen LogP contribution in [0.15, 0.2) is 12.2 Å². The Labute approximate surface area is 69.4 Å². The molecule has 0 aromatic rings. The molecule has 2 amide bonds. The fourth-order valence-corrected chi connectivity index (χ4v) is 1.50. The van der Waals surface area contributed by atoms with Gasteiger partial charge < -0.3 is 0 Å².